The summed E-state index contributed by atoms with van der Waals surface area (Å²) in [4.78, 5) is 0. The third-order valence-electron chi connectivity index (χ3n) is 2.04. The number of ether oxygens (including phenoxy) is 1. The van der Waals surface area contributed by atoms with Crippen LogP contribution in [0.4, 0.5) is 0 Å². The largest absolute Gasteiger partial charge is 0.356 e. The van der Waals surface area contributed by atoms with E-state index in [4.69, 9.17) is 9.84 Å². The van der Waals surface area contributed by atoms with Gasteiger partial charge in [0, 0.05) is 19.2 Å². The fraction of sp³-hybridized carbons (Fsp3) is 1.00. The average Bonchev–Trinajstić information content (AvgIpc) is 2.13. The molecule has 0 radical (unpaired) electrons. The molecule has 3 N–H and O–H groups in total. The zero-order chi connectivity index (χ0) is 10.1. The van der Waals surface area contributed by atoms with Gasteiger partial charge >= 0.3 is 0 Å². The van der Waals surface area contributed by atoms with Gasteiger partial charge in [-0.25, -0.2) is 0 Å². The Labute approximate surface area is 80.7 Å². The standard InChI is InChI=1S/C9H22N2O2/c1-4-8(10-3)6-7-11-9(12)13-5-2/h8-12H,4-7H2,1-3H3. The number of nitrogens with one attached hydrogen (secondary N) is 2. The smallest absolute Gasteiger partial charge is 0.213 e. The van der Waals surface area contributed by atoms with Crippen molar-refractivity contribution in [3.63, 3.8) is 0 Å². The minimum Gasteiger partial charge on any atom is -0.356 e. The van der Waals surface area contributed by atoms with Gasteiger partial charge < -0.3 is 15.2 Å². The second-order valence-corrected chi connectivity index (χ2v) is 2.94. The highest BCUT2D eigenvalue weighted by Crippen LogP contribution is 1.95. The van der Waals surface area contributed by atoms with Gasteiger partial charge in [0.15, 0.2) is 0 Å². The fourth-order valence-electron chi connectivity index (χ4n) is 1.15. The summed E-state index contributed by atoms with van der Waals surface area (Å²) in [5.74, 6) is 0. The van der Waals surface area contributed by atoms with Crippen LogP contribution in [0.15, 0.2) is 0 Å². The third kappa shape index (κ3) is 6.95. The van der Waals surface area contributed by atoms with E-state index in [1.54, 1.807) is 0 Å². The van der Waals surface area contributed by atoms with Crippen LogP contribution in [0, 0.1) is 0 Å². The molecule has 0 spiro atoms. The van der Waals surface area contributed by atoms with Crippen molar-refractivity contribution in [1.82, 2.24) is 10.6 Å². The van der Waals surface area contributed by atoms with E-state index in [-0.39, 0.29) is 0 Å². The molecule has 4 heteroatoms. The predicted octanol–water partition coefficient (Wildman–Crippen LogP) is 0.276. The highest BCUT2D eigenvalue weighted by atomic mass is 16.6. The molecular weight excluding hydrogens is 168 g/mol. The lowest BCUT2D eigenvalue weighted by Gasteiger charge is -2.16. The molecule has 0 aromatic heterocycles. The maximum absolute atomic E-state index is 9.15. The van der Waals surface area contributed by atoms with E-state index in [1.807, 2.05) is 14.0 Å². The maximum Gasteiger partial charge on any atom is 0.213 e. The first-order valence-corrected chi connectivity index (χ1v) is 4.94. The Kier molecular flexibility index (Phi) is 8.33. The van der Waals surface area contributed by atoms with Crippen molar-refractivity contribution < 1.29 is 9.84 Å². The summed E-state index contributed by atoms with van der Waals surface area (Å²) in [6.45, 7) is 5.28. The van der Waals surface area contributed by atoms with Crippen molar-refractivity contribution in [1.29, 1.82) is 0 Å². The Bertz CT molecular complexity index is 108. The number of aliphatic hydroxyl groups is 1. The molecule has 13 heavy (non-hydrogen) atoms. The lowest BCUT2D eigenvalue weighted by atomic mass is 10.1. The SMILES string of the molecule is CCOC(O)NCCC(CC)NC. The second-order valence-electron chi connectivity index (χ2n) is 2.94. The zero-order valence-electron chi connectivity index (χ0n) is 8.84. The van der Waals surface area contributed by atoms with Crippen LogP contribution in [0.3, 0.4) is 0 Å². The van der Waals surface area contributed by atoms with Crippen molar-refractivity contribution in [2.45, 2.75) is 39.1 Å². The molecule has 0 aromatic carbocycles. The summed E-state index contributed by atoms with van der Waals surface area (Å²) in [5, 5.41) is 15.2. The molecular formula is C9H22N2O2. The Balaban J connectivity index is 3.32. The van der Waals surface area contributed by atoms with Gasteiger partial charge in [0.2, 0.25) is 6.41 Å². The summed E-state index contributed by atoms with van der Waals surface area (Å²) in [6.07, 6.45) is 1.28. The predicted molar refractivity (Wildman–Crippen MR) is 53.4 cm³/mol. The maximum atomic E-state index is 9.15. The summed E-state index contributed by atoms with van der Waals surface area (Å²) >= 11 is 0. The first kappa shape index (κ1) is 12.8. The molecule has 0 aliphatic carbocycles. The van der Waals surface area contributed by atoms with E-state index >= 15 is 0 Å². The highest BCUT2D eigenvalue weighted by molar-refractivity contribution is 4.62. The van der Waals surface area contributed by atoms with Crippen LogP contribution in [0.25, 0.3) is 0 Å². The molecule has 80 valence electrons. The van der Waals surface area contributed by atoms with Crippen LogP contribution in [-0.4, -0.2) is 37.8 Å². The van der Waals surface area contributed by atoms with Gasteiger partial charge in [-0.3, -0.25) is 5.32 Å². The molecule has 0 saturated carbocycles. The van der Waals surface area contributed by atoms with Crippen LogP contribution >= 0.6 is 0 Å². The first-order chi connectivity index (χ1) is 6.24. The molecule has 0 fully saturated rings. The van der Waals surface area contributed by atoms with Gasteiger partial charge in [0.1, 0.15) is 0 Å². The quantitative estimate of drug-likeness (QED) is 0.481. The Hall–Kier alpha value is -0.160. The van der Waals surface area contributed by atoms with E-state index in [0.29, 0.717) is 12.6 Å². The van der Waals surface area contributed by atoms with Crippen LogP contribution in [-0.2, 0) is 4.74 Å². The molecule has 2 unspecified atom stereocenters. The lowest BCUT2D eigenvalue weighted by Crippen LogP contribution is -2.36. The number of aliphatic hydroxyl groups excluding tert-OH is 1. The Morgan fingerprint density at radius 2 is 2.08 bits per heavy atom. The average molecular weight is 190 g/mol. The minimum atomic E-state index is -0.820. The minimum absolute atomic E-state index is 0.515. The normalized spacial score (nSPS) is 15.7. The number of hydrogen-bond acceptors (Lipinski definition) is 4. The van der Waals surface area contributed by atoms with Crippen molar-refractivity contribution in [3.05, 3.63) is 0 Å². The molecule has 0 aliphatic rings. The molecule has 0 aromatic rings. The second kappa shape index (κ2) is 8.44. The van der Waals surface area contributed by atoms with Gasteiger partial charge in [0.25, 0.3) is 0 Å². The van der Waals surface area contributed by atoms with Crippen molar-refractivity contribution >= 4 is 0 Å². The molecule has 0 rings (SSSR count). The Morgan fingerprint density at radius 1 is 1.38 bits per heavy atom. The van der Waals surface area contributed by atoms with Crippen LogP contribution < -0.4 is 10.6 Å². The van der Waals surface area contributed by atoms with E-state index < -0.39 is 6.41 Å². The topological polar surface area (TPSA) is 53.5 Å². The Morgan fingerprint density at radius 3 is 2.54 bits per heavy atom. The van der Waals surface area contributed by atoms with Crippen LogP contribution in [0.5, 0.6) is 0 Å². The van der Waals surface area contributed by atoms with Crippen LogP contribution in [0.2, 0.25) is 0 Å². The summed E-state index contributed by atoms with van der Waals surface area (Å²) in [5.41, 5.74) is 0. The molecule has 0 aliphatic heterocycles. The molecule has 0 heterocycles. The van der Waals surface area contributed by atoms with Gasteiger partial charge in [-0.2, -0.15) is 0 Å². The summed E-state index contributed by atoms with van der Waals surface area (Å²) < 4.78 is 4.91. The zero-order valence-corrected chi connectivity index (χ0v) is 8.84. The van der Waals surface area contributed by atoms with Crippen molar-refractivity contribution in [3.8, 4) is 0 Å². The van der Waals surface area contributed by atoms with Crippen molar-refractivity contribution in [2.24, 2.45) is 0 Å². The fourth-order valence-corrected chi connectivity index (χ4v) is 1.15. The van der Waals surface area contributed by atoms with E-state index in [9.17, 15) is 0 Å². The molecule has 4 nitrogen and oxygen atoms in total. The van der Waals surface area contributed by atoms with Gasteiger partial charge in [-0.05, 0) is 26.8 Å². The lowest BCUT2D eigenvalue weighted by molar-refractivity contribution is -0.116. The third-order valence-corrected chi connectivity index (χ3v) is 2.04. The highest BCUT2D eigenvalue weighted by Gasteiger charge is 2.04. The van der Waals surface area contributed by atoms with Gasteiger partial charge in [-0.1, -0.05) is 6.92 Å². The number of hydrogen-bond donors (Lipinski definition) is 3. The van der Waals surface area contributed by atoms with Gasteiger partial charge in [0.05, 0.1) is 0 Å². The first-order valence-electron chi connectivity index (χ1n) is 4.94. The van der Waals surface area contributed by atoms with Gasteiger partial charge in [-0.15, -0.1) is 0 Å². The number of rotatable bonds is 8. The molecule has 0 saturated heterocycles. The van der Waals surface area contributed by atoms with Crippen molar-refractivity contribution in [2.75, 3.05) is 20.2 Å². The van der Waals surface area contributed by atoms with Crippen LogP contribution in [0.1, 0.15) is 26.7 Å². The van der Waals surface area contributed by atoms with E-state index in [0.717, 1.165) is 19.4 Å². The monoisotopic (exact) mass is 190 g/mol. The van der Waals surface area contributed by atoms with E-state index in [2.05, 4.69) is 17.6 Å². The molecule has 0 bridgehead atoms. The summed E-state index contributed by atoms with van der Waals surface area (Å²) in [7, 11) is 1.95. The summed E-state index contributed by atoms with van der Waals surface area (Å²) in [6, 6.07) is 0.515. The van der Waals surface area contributed by atoms with E-state index in [1.165, 1.54) is 0 Å². The molecule has 2 atom stereocenters. The molecule has 0 amide bonds.